The highest BCUT2D eigenvalue weighted by Crippen LogP contribution is 2.22. The summed E-state index contributed by atoms with van der Waals surface area (Å²) in [5, 5.41) is 13.7. The predicted octanol–water partition coefficient (Wildman–Crippen LogP) is 3.28. The number of ether oxygens (including phenoxy) is 1. The maximum absolute atomic E-state index is 12.0. The van der Waals surface area contributed by atoms with Crippen molar-refractivity contribution in [3.8, 4) is 6.07 Å². The fourth-order valence-corrected chi connectivity index (χ4v) is 3.09. The minimum absolute atomic E-state index is 0.129. The van der Waals surface area contributed by atoms with E-state index in [1.807, 2.05) is 36.4 Å². The second kappa shape index (κ2) is 8.36. The van der Waals surface area contributed by atoms with Gasteiger partial charge in [-0.25, -0.2) is 0 Å². The SMILES string of the molecule is C[C@@H](OC(=O)CSc1ccccc1)C(=O)Nc1sccc1C#N. The molecule has 1 N–H and O–H groups in total. The average molecular weight is 346 g/mol. The highest BCUT2D eigenvalue weighted by molar-refractivity contribution is 8.00. The van der Waals surface area contributed by atoms with E-state index < -0.39 is 18.0 Å². The lowest BCUT2D eigenvalue weighted by Gasteiger charge is -2.12. The summed E-state index contributed by atoms with van der Waals surface area (Å²) < 4.78 is 5.11. The molecule has 0 aliphatic rings. The van der Waals surface area contributed by atoms with Crippen LogP contribution in [0.1, 0.15) is 12.5 Å². The molecule has 0 radical (unpaired) electrons. The van der Waals surface area contributed by atoms with E-state index in [2.05, 4.69) is 5.32 Å². The molecule has 7 heteroatoms. The Labute approximate surface area is 142 Å². The van der Waals surface area contributed by atoms with E-state index in [-0.39, 0.29) is 5.75 Å². The second-order valence-electron chi connectivity index (χ2n) is 4.50. The summed E-state index contributed by atoms with van der Waals surface area (Å²) >= 11 is 2.59. The molecule has 1 heterocycles. The standard InChI is InChI=1S/C16H14N2O3S2/c1-11(15(20)18-16-12(9-17)7-8-22-16)21-14(19)10-23-13-5-3-2-4-6-13/h2-8,11H,10H2,1H3,(H,18,20)/t11-/m1/s1. The number of thioether (sulfide) groups is 1. The number of hydrogen-bond donors (Lipinski definition) is 1. The van der Waals surface area contributed by atoms with Crippen molar-refractivity contribution in [1.29, 1.82) is 5.26 Å². The number of benzene rings is 1. The van der Waals surface area contributed by atoms with E-state index in [1.54, 1.807) is 11.4 Å². The number of carbonyl (C=O) groups is 2. The molecular weight excluding hydrogens is 332 g/mol. The smallest absolute Gasteiger partial charge is 0.317 e. The first kappa shape index (κ1) is 17.1. The number of rotatable bonds is 6. The fraction of sp³-hybridized carbons (Fsp3) is 0.188. The number of anilines is 1. The predicted molar refractivity (Wildman–Crippen MR) is 90.4 cm³/mol. The summed E-state index contributed by atoms with van der Waals surface area (Å²) in [6.07, 6.45) is -0.924. The lowest BCUT2D eigenvalue weighted by atomic mass is 10.3. The number of carbonyl (C=O) groups excluding carboxylic acids is 2. The zero-order chi connectivity index (χ0) is 16.7. The largest absolute Gasteiger partial charge is 0.452 e. The van der Waals surface area contributed by atoms with Gasteiger partial charge < -0.3 is 10.1 Å². The van der Waals surface area contributed by atoms with Crippen LogP contribution in [0.3, 0.4) is 0 Å². The van der Waals surface area contributed by atoms with E-state index in [0.29, 0.717) is 10.6 Å². The number of nitrogens with zero attached hydrogens (tertiary/aromatic N) is 1. The molecule has 2 aromatic rings. The Morgan fingerprint density at radius 3 is 2.78 bits per heavy atom. The summed E-state index contributed by atoms with van der Waals surface area (Å²) in [6.45, 7) is 1.50. The van der Waals surface area contributed by atoms with Crippen LogP contribution in [0.5, 0.6) is 0 Å². The van der Waals surface area contributed by atoms with Crippen molar-refractivity contribution >= 4 is 40.0 Å². The Morgan fingerprint density at radius 1 is 1.35 bits per heavy atom. The third-order valence-electron chi connectivity index (χ3n) is 2.80. The van der Waals surface area contributed by atoms with Gasteiger partial charge in [0.2, 0.25) is 0 Å². The highest BCUT2D eigenvalue weighted by Gasteiger charge is 2.19. The van der Waals surface area contributed by atoms with Crippen LogP contribution in [-0.4, -0.2) is 23.7 Å². The first-order valence-electron chi connectivity index (χ1n) is 6.76. The molecular formula is C16H14N2O3S2. The molecule has 0 unspecified atom stereocenters. The molecule has 0 saturated heterocycles. The maximum atomic E-state index is 12.0. The van der Waals surface area contributed by atoms with Crippen molar-refractivity contribution in [2.24, 2.45) is 0 Å². The molecule has 0 bridgehead atoms. The van der Waals surface area contributed by atoms with Gasteiger partial charge in [-0.3, -0.25) is 9.59 Å². The summed E-state index contributed by atoms with van der Waals surface area (Å²) in [7, 11) is 0. The van der Waals surface area contributed by atoms with E-state index in [9.17, 15) is 9.59 Å². The molecule has 0 fully saturated rings. The Hall–Kier alpha value is -2.30. The zero-order valence-electron chi connectivity index (χ0n) is 12.3. The van der Waals surface area contributed by atoms with Gasteiger partial charge in [0.05, 0.1) is 11.3 Å². The van der Waals surface area contributed by atoms with Crippen molar-refractivity contribution in [2.45, 2.75) is 17.9 Å². The van der Waals surface area contributed by atoms with Gasteiger partial charge in [0.15, 0.2) is 6.10 Å². The Kier molecular flexibility index (Phi) is 6.20. The van der Waals surface area contributed by atoms with E-state index in [1.165, 1.54) is 30.0 Å². The van der Waals surface area contributed by atoms with Gasteiger partial charge in [0.1, 0.15) is 11.1 Å². The Bertz CT molecular complexity index is 722. The molecule has 23 heavy (non-hydrogen) atoms. The lowest BCUT2D eigenvalue weighted by molar-refractivity contribution is -0.150. The molecule has 0 aliphatic heterocycles. The zero-order valence-corrected chi connectivity index (χ0v) is 13.9. The van der Waals surface area contributed by atoms with Gasteiger partial charge in [-0.05, 0) is 30.5 Å². The average Bonchev–Trinajstić information content (AvgIpc) is 3.01. The molecule has 118 valence electrons. The number of thiophene rings is 1. The number of nitriles is 1. The summed E-state index contributed by atoms with van der Waals surface area (Å²) in [6, 6.07) is 13.1. The fourth-order valence-electron chi connectivity index (χ4n) is 1.65. The van der Waals surface area contributed by atoms with Crippen LogP contribution >= 0.6 is 23.1 Å². The Morgan fingerprint density at radius 2 is 2.09 bits per heavy atom. The van der Waals surface area contributed by atoms with Crippen molar-refractivity contribution in [3.63, 3.8) is 0 Å². The summed E-state index contributed by atoms with van der Waals surface area (Å²) in [4.78, 5) is 24.7. The normalized spacial score (nSPS) is 11.3. The van der Waals surface area contributed by atoms with E-state index >= 15 is 0 Å². The third-order valence-corrected chi connectivity index (χ3v) is 4.62. The van der Waals surface area contributed by atoms with Crippen LogP contribution in [-0.2, 0) is 14.3 Å². The minimum Gasteiger partial charge on any atom is -0.452 e. The Balaban J connectivity index is 1.81. The molecule has 1 aromatic heterocycles. The molecule has 0 aliphatic carbocycles. The second-order valence-corrected chi connectivity index (χ2v) is 6.46. The molecule has 1 amide bonds. The van der Waals surface area contributed by atoms with E-state index in [0.717, 1.165) is 4.90 Å². The van der Waals surface area contributed by atoms with Crippen LogP contribution in [0.2, 0.25) is 0 Å². The first-order chi connectivity index (χ1) is 11.1. The number of amides is 1. The number of esters is 1. The molecule has 5 nitrogen and oxygen atoms in total. The van der Waals surface area contributed by atoms with Crippen LogP contribution in [0, 0.1) is 11.3 Å². The van der Waals surface area contributed by atoms with E-state index in [4.69, 9.17) is 10.00 Å². The molecule has 2 rings (SSSR count). The highest BCUT2D eigenvalue weighted by atomic mass is 32.2. The number of hydrogen-bond acceptors (Lipinski definition) is 6. The van der Waals surface area contributed by atoms with Gasteiger partial charge >= 0.3 is 5.97 Å². The minimum atomic E-state index is -0.924. The monoisotopic (exact) mass is 346 g/mol. The van der Waals surface area contributed by atoms with Gasteiger partial charge in [-0.15, -0.1) is 23.1 Å². The van der Waals surface area contributed by atoms with Crippen molar-refractivity contribution in [1.82, 2.24) is 0 Å². The lowest BCUT2D eigenvalue weighted by Crippen LogP contribution is -2.30. The van der Waals surface area contributed by atoms with Crippen molar-refractivity contribution < 1.29 is 14.3 Å². The maximum Gasteiger partial charge on any atom is 0.317 e. The molecule has 1 aromatic carbocycles. The van der Waals surface area contributed by atoms with Gasteiger partial charge in [-0.2, -0.15) is 5.26 Å². The number of nitrogens with one attached hydrogen (secondary N) is 1. The quantitative estimate of drug-likeness (QED) is 0.641. The van der Waals surface area contributed by atoms with Crippen molar-refractivity contribution in [2.75, 3.05) is 11.1 Å². The molecule has 1 atom stereocenters. The third kappa shape index (κ3) is 5.13. The van der Waals surface area contributed by atoms with Crippen molar-refractivity contribution in [3.05, 3.63) is 47.3 Å². The van der Waals surface area contributed by atoms with Crippen LogP contribution < -0.4 is 5.32 Å². The van der Waals surface area contributed by atoms with Gasteiger partial charge in [-0.1, -0.05) is 18.2 Å². The summed E-state index contributed by atoms with van der Waals surface area (Å²) in [5.41, 5.74) is 0.390. The molecule has 0 saturated carbocycles. The van der Waals surface area contributed by atoms with Gasteiger partial charge in [0.25, 0.3) is 5.91 Å². The first-order valence-corrected chi connectivity index (χ1v) is 8.62. The van der Waals surface area contributed by atoms with Gasteiger partial charge in [0, 0.05) is 4.90 Å². The topological polar surface area (TPSA) is 79.2 Å². The summed E-state index contributed by atoms with van der Waals surface area (Å²) in [5.74, 6) is -0.792. The van der Waals surface area contributed by atoms with Crippen LogP contribution in [0.15, 0.2) is 46.7 Å². The van der Waals surface area contributed by atoms with Crippen LogP contribution in [0.4, 0.5) is 5.00 Å². The molecule has 0 spiro atoms. The van der Waals surface area contributed by atoms with Crippen LogP contribution in [0.25, 0.3) is 0 Å².